The zero-order chi connectivity index (χ0) is 22.6. The van der Waals surface area contributed by atoms with Crippen LogP contribution in [0.3, 0.4) is 0 Å². The number of hydrogen-bond acceptors (Lipinski definition) is 3. The molecule has 31 heavy (non-hydrogen) atoms. The second kappa shape index (κ2) is 8.85. The second-order valence-electron chi connectivity index (χ2n) is 12.2. The van der Waals surface area contributed by atoms with Crippen molar-refractivity contribution in [1.29, 1.82) is 0 Å². The third-order valence-corrected chi connectivity index (χ3v) is 11.7. The van der Waals surface area contributed by atoms with E-state index in [0.717, 1.165) is 18.3 Å². The molecular formula is C27H43BrO3. The molecule has 0 aromatic rings. The lowest BCUT2D eigenvalue weighted by atomic mass is 9.44. The summed E-state index contributed by atoms with van der Waals surface area (Å²) in [7, 11) is 0. The zero-order valence-corrected chi connectivity index (χ0v) is 21.6. The van der Waals surface area contributed by atoms with E-state index in [0.29, 0.717) is 42.3 Å². The van der Waals surface area contributed by atoms with Gasteiger partial charge >= 0.3 is 0 Å². The van der Waals surface area contributed by atoms with Crippen LogP contribution in [0.4, 0.5) is 0 Å². The highest BCUT2D eigenvalue weighted by atomic mass is 79.9. The smallest absolute Gasteiger partial charge is 0.137 e. The molecule has 4 aliphatic rings. The van der Waals surface area contributed by atoms with E-state index in [1.807, 2.05) is 13.8 Å². The summed E-state index contributed by atoms with van der Waals surface area (Å²) in [6.45, 7) is 8.90. The number of aliphatic hydroxyl groups excluding tert-OH is 1. The highest BCUT2D eigenvalue weighted by molar-refractivity contribution is 9.09. The molecule has 0 aliphatic heterocycles. The van der Waals surface area contributed by atoms with Gasteiger partial charge in [0.25, 0.3) is 0 Å². The molecule has 0 spiro atoms. The van der Waals surface area contributed by atoms with Crippen LogP contribution in [0, 0.1) is 52.3 Å². The van der Waals surface area contributed by atoms with Crippen molar-refractivity contribution in [3.05, 3.63) is 0 Å². The van der Waals surface area contributed by atoms with Crippen LogP contribution >= 0.6 is 15.9 Å². The minimum absolute atomic E-state index is 0.00819. The largest absolute Gasteiger partial charge is 0.382 e. The second-order valence-corrected chi connectivity index (χ2v) is 13.2. The van der Waals surface area contributed by atoms with Gasteiger partial charge in [0.2, 0.25) is 0 Å². The van der Waals surface area contributed by atoms with Gasteiger partial charge in [-0.05, 0) is 85.4 Å². The fraction of sp³-hybridized carbons (Fsp3) is 0.926. The van der Waals surface area contributed by atoms with Crippen molar-refractivity contribution in [1.82, 2.24) is 0 Å². The van der Waals surface area contributed by atoms with Crippen molar-refractivity contribution >= 4 is 27.5 Å². The molecule has 0 heterocycles. The SMILES string of the molecule is CC(CCC(=O)[C@@H](C)[C@H]1C(=O)C[C@H]2[C@@H]3CCC4CCCC[C@]4(C)[C@H]3CC[C@]12C)C(O)Br. The molecule has 0 bridgehead atoms. The minimum atomic E-state index is -0.572. The van der Waals surface area contributed by atoms with E-state index in [9.17, 15) is 14.7 Å². The van der Waals surface area contributed by atoms with Gasteiger partial charge in [-0.1, -0.05) is 56.5 Å². The third-order valence-electron chi connectivity index (χ3n) is 10.8. The Labute approximate surface area is 197 Å². The van der Waals surface area contributed by atoms with E-state index in [4.69, 9.17) is 0 Å². The molecule has 176 valence electrons. The molecule has 4 rings (SSSR count). The monoisotopic (exact) mass is 494 g/mol. The number of hydrogen-bond donors (Lipinski definition) is 1. The summed E-state index contributed by atoms with van der Waals surface area (Å²) in [6.07, 6.45) is 12.4. The molecule has 0 radical (unpaired) electrons. The normalized spacial score (nSPS) is 45.2. The molecule has 4 saturated carbocycles. The summed E-state index contributed by atoms with van der Waals surface area (Å²) in [5.41, 5.74) is 0.476. The van der Waals surface area contributed by atoms with E-state index >= 15 is 0 Å². The predicted octanol–water partition coefficient (Wildman–Crippen LogP) is 6.55. The molecule has 4 heteroatoms. The van der Waals surface area contributed by atoms with E-state index in [2.05, 4.69) is 29.8 Å². The summed E-state index contributed by atoms with van der Waals surface area (Å²) in [4.78, 5) is 26.5. The lowest BCUT2D eigenvalue weighted by Crippen LogP contribution is -2.53. The van der Waals surface area contributed by atoms with Gasteiger partial charge < -0.3 is 5.11 Å². The Morgan fingerprint density at radius 3 is 2.52 bits per heavy atom. The summed E-state index contributed by atoms with van der Waals surface area (Å²) < 4.78 is 0. The first-order valence-electron chi connectivity index (χ1n) is 13.0. The van der Waals surface area contributed by atoms with Crippen LogP contribution in [0.2, 0.25) is 0 Å². The standard InChI is InChI=1S/C27H43BrO3/c1-16(25(28)31)8-11-22(29)17(2)24-23(30)15-21-19-10-9-18-7-5-6-13-26(18,3)20(19)12-14-27(21,24)4/h16-21,24-25,31H,5-15H2,1-4H3/t16?,17-,18?,19-,20+,21+,24+,25?,26+,27+/m1/s1. The summed E-state index contributed by atoms with van der Waals surface area (Å²) in [5.74, 6) is 3.15. The van der Waals surface area contributed by atoms with E-state index in [1.54, 1.807) is 0 Å². The lowest BCUT2D eigenvalue weighted by molar-refractivity contribution is -0.137. The highest BCUT2D eigenvalue weighted by Crippen LogP contribution is 2.67. The molecule has 4 aliphatic carbocycles. The van der Waals surface area contributed by atoms with Gasteiger partial charge in [-0.25, -0.2) is 0 Å². The minimum Gasteiger partial charge on any atom is -0.382 e. The Kier molecular flexibility index (Phi) is 6.83. The summed E-state index contributed by atoms with van der Waals surface area (Å²) >= 11 is 3.21. The molecule has 1 N–H and O–H groups in total. The van der Waals surface area contributed by atoms with Crippen LogP contribution in [-0.2, 0) is 9.59 Å². The van der Waals surface area contributed by atoms with Crippen LogP contribution in [-0.4, -0.2) is 21.7 Å². The van der Waals surface area contributed by atoms with E-state index in [-0.39, 0.29) is 29.0 Å². The Morgan fingerprint density at radius 2 is 1.81 bits per heavy atom. The number of fused-ring (bicyclic) bond motifs is 5. The quantitative estimate of drug-likeness (QED) is 0.425. The molecule has 3 nitrogen and oxygen atoms in total. The van der Waals surface area contributed by atoms with Crippen molar-refractivity contribution in [2.24, 2.45) is 52.3 Å². The van der Waals surface area contributed by atoms with Crippen LogP contribution < -0.4 is 0 Å². The number of alkyl halides is 1. The highest BCUT2D eigenvalue weighted by Gasteiger charge is 2.63. The Hall–Kier alpha value is -0.220. The number of rotatable bonds is 6. The van der Waals surface area contributed by atoms with E-state index < -0.39 is 5.01 Å². The molecular weight excluding hydrogens is 452 g/mol. The van der Waals surface area contributed by atoms with Gasteiger partial charge in [-0.3, -0.25) is 9.59 Å². The molecule has 0 aromatic carbocycles. The maximum absolute atomic E-state index is 13.4. The first-order chi connectivity index (χ1) is 14.6. The Balaban J connectivity index is 1.50. The number of halogens is 1. The number of Topliss-reactive ketones (excluding diaryl/α,β-unsaturated/α-hetero) is 2. The van der Waals surface area contributed by atoms with Gasteiger partial charge in [0, 0.05) is 24.7 Å². The molecule has 3 unspecified atom stereocenters. The third kappa shape index (κ3) is 4.00. The molecule has 10 atom stereocenters. The van der Waals surface area contributed by atoms with Gasteiger partial charge in [0.15, 0.2) is 0 Å². The molecule has 0 aromatic heterocycles. The Morgan fingerprint density at radius 1 is 1.06 bits per heavy atom. The van der Waals surface area contributed by atoms with Gasteiger partial charge in [-0.2, -0.15) is 0 Å². The van der Waals surface area contributed by atoms with Crippen molar-refractivity contribution in [3.8, 4) is 0 Å². The van der Waals surface area contributed by atoms with Crippen LogP contribution in [0.15, 0.2) is 0 Å². The number of carbonyl (C=O) groups excluding carboxylic acids is 2. The summed E-state index contributed by atoms with van der Waals surface area (Å²) in [5, 5.41) is 9.11. The maximum atomic E-state index is 13.4. The lowest BCUT2D eigenvalue weighted by Gasteiger charge is -2.60. The topological polar surface area (TPSA) is 54.4 Å². The zero-order valence-electron chi connectivity index (χ0n) is 20.0. The van der Waals surface area contributed by atoms with Crippen LogP contribution in [0.5, 0.6) is 0 Å². The first-order valence-corrected chi connectivity index (χ1v) is 13.9. The average Bonchev–Trinajstić information content (AvgIpc) is 3.00. The van der Waals surface area contributed by atoms with Gasteiger partial charge in [-0.15, -0.1) is 0 Å². The average molecular weight is 496 g/mol. The number of carbonyl (C=O) groups is 2. The van der Waals surface area contributed by atoms with Crippen molar-refractivity contribution in [2.45, 2.75) is 103 Å². The van der Waals surface area contributed by atoms with E-state index in [1.165, 1.54) is 44.9 Å². The molecule has 0 saturated heterocycles. The van der Waals surface area contributed by atoms with Crippen molar-refractivity contribution in [3.63, 3.8) is 0 Å². The Bertz CT molecular complexity index is 705. The van der Waals surface area contributed by atoms with Crippen molar-refractivity contribution in [2.75, 3.05) is 0 Å². The number of aliphatic hydroxyl groups is 1. The van der Waals surface area contributed by atoms with Gasteiger partial charge in [0.05, 0.1) is 0 Å². The first kappa shape index (κ1) is 23.9. The van der Waals surface area contributed by atoms with Gasteiger partial charge in [0.1, 0.15) is 16.6 Å². The number of ketones is 2. The fourth-order valence-corrected chi connectivity index (χ4v) is 9.16. The fourth-order valence-electron chi connectivity index (χ4n) is 8.90. The van der Waals surface area contributed by atoms with Crippen molar-refractivity contribution < 1.29 is 14.7 Å². The van der Waals surface area contributed by atoms with Crippen LogP contribution in [0.1, 0.15) is 98.3 Å². The predicted molar refractivity (Wildman–Crippen MR) is 128 cm³/mol. The summed E-state index contributed by atoms with van der Waals surface area (Å²) in [6, 6.07) is 0. The van der Waals surface area contributed by atoms with Crippen LogP contribution in [0.25, 0.3) is 0 Å². The maximum Gasteiger partial charge on any atom is 0.137 e. The molecule has 4 fully saturated rings. The molecule has 0 amide bonds.